The third-order valence-corrected chi connectivity index (χ3v) is 3.78. The fraction of sp³-hybridized carbons (Fsp3) is 0.467. The maximum absolute atomic E-state index is 12.8. The highest BCUT2D eigenvalue weighted by Gasteiger charge is 2.38. The normalized spacial score (nSPS) is 15.4. The van der Waals surface area contributed by atoms with Crippen LogP contribution in [0.3, 0.4) is 0 Å². The molecule has 1 N–H and O–H groups in total. The number of amides is 1. The van der Waals surface area contributed by atoms with Crippen molar-refractivity contribution >= 4 is 12.1 Å². The molecule has 2 aromatic rings. The zero-order chi connectivity index (χ0) is 20.5. The number of hydrazone groups is 1. The van der Waals surface area contributed by atoms with Gasteiger partial charge in [0.05, 0.1) is 6.21 Å². The lowest BCUT2D eigenvalue weighted by molar-refractivity contribution is -0.143. The zero-order valence-corrected chi connectivity index (χ0v) is 14.1. The molecule has 13 heteroatoms. The molecule has 1 amide bonds. The first-order chi connectivity index (χ1) is 13.0. The maximum atomic E-state index is 12.8. The van der Waals surface area contributed by atoms with Crippen molar-refractivity contribution in [2.45, 2.75) is 44.2 Å². The summed E-state index contributed by atoms with van der Waals surface area (Å²) in [7, 11) is 0. The summed E-state index contributed by atoms with van der Waals surface area (Å²) in [5.41, 5.74) is 1.42. The van der Waals surface area contributed by atoms with E-state index >= 15 is 0 Å². The molecule has 1 saturated carbocycles. The Kier molecular flexibility index (Phi) is 5.17. The first-order valence-electron chi connectivity index (χ1n) is 8.08. The van der Waals surface area contributed by atoms with Crippen LogP contribution in [0.5, 0.6) is 0 Å². The molecule has 0 unspecified atom stereocenters. The lowest BCUT2D eigenvalue weighted by Gasteiger charge is -2.05. The van der Waals surface area contributed by atoms with Crippen LogP contribution in [-0.4, -0.2) is 37.9 Å². The first-order valence-corrected chi connectivity index (χ1v) is 8.08. The quantitative estimate of drug-likeness (QED) is 0.454. The Hall–Kier alpha value is -2.86. The number of alkyl halides is 6. The molecule has 7 nitrogen and oxygen atoms in total. The molecule has 2 heterocycles. The highest BCUT2D eigenvalue weighted by molar-refractivity contribution is 5.80. The van der Waals surface area contributed by atoms with Crippen molar-refractivity contribution < 1.29 is 31.1 Å². The predicted octanol–water partition coefficient (Wildman–Crippen LogP) is 2.69. The van der Waals surface area contributed by atoms with Crippen LogP contribution < -0.4 is 5.43 Å². The molecule has 0 aromatic carbocycles. The van der Waals surface area contributed by atoms with E-state index in [1.165, 1.54) is 6.07 Å². The van der Waals surface area contributed by atoms with Gasteiger partial charge in [-0.15, -0.1) is 0 Å². The standard InChI is InChI=1S/C15H14F6N6O/c16-14(17,18)8-26-4-3-10(24-26)6-22-23-13(28)7-27-11(9-1-2-9)5-12(25-27)15(19,20)21/h3-6,9H,1-2,7-8H2,(H,23,28)/b22-6-. The molecular formula is C15H14F6N6O. The second kappa shape index (κ2) is 7.28. The Balaban J connectivity index is 1.59. The highest BCUT2D eigenvalue weighted by Crippen LogP contribution is 2.42. The van der Waals surface area contributed by atoms with Gasteiger partial charge >= 0.3 is 12.4 Å². The maximum Gasteiger partial charge on any atom is 0.435 e. The Morgan fingerprint density at radius 3 is 2.57 bits per heavy atom. The monoisotopic (exact) mass is 408 g/mol. The highest BCUT2D eigenvalue weighted by atomic mass is 19.4. The van der Waals surface area contributed by atoms with Gasteiger partial charge in [0.15, 0.2) is 5.69 Å². The average Bonchev–Trinajstić information content (AvgIpc) is 3.15. The molecule has 28 heavy (non-hydrogen) atoms. The second-order valence-electron chi connectivity index (χ2n) is 6.23. The van der Waals surface area contributed by atoms with Crippen LogP contribution in [0, 0.1) is 0 Å². The summed E-state index contributed by atoms with van der Waals surface area (Å²) in [4.78, 5) is 11.9. The van der Waals surface area contributed by atoms with Gasteiger partial charge in [0.1, 0.15) is 18.8 Å². The molecule has 1 aliphatic carbocycles. The van der Waals surface area contributed by atoms with Crippen LogP contribution in [0.15, 0.2) is 23.4 Å². The largest absolute Gasteiger partial charge is 0.435 e. The van der Waals surface area contributed by atoms with Crippen LogP contribution in [-0.2, 0) is 24.1 Å². The van der Waals surface area contributed by atoms with Crippen LogP contribution >= 0.6 is 0 Å². The van der Waals surface area contributed by atoms with Gasteiger partial charge in [-0.1, -0.05) is 0 Å². The number of aromatic nitrogens is 4. The minimum Gasteiger partial charge on any atom is -0.271 e. The molecule has 0 spiro atoms. The van der Waals surface area contributed by atoms with Crippen molar-refractivity contribution in [3.05, 3.63) is 35.4 Å². The number of rotatable bonds is 6. The summed E-state index contributed by atoms with van der Waals surface area (Å²) >= 11 is 0. The van der Waals surface area contributed by atoms with E-state index in [0.29, 0.717) is 10.4 Å². The number of carbonyl (C=O) groups excluding carboxylic acids is 1. The van der Waals surface area contributed by atoms with Gasteiger partial charge in [-0.2, -0.15) is 41.6 Å². The number of hydrogen-bond acceptors (Lipinski definition) is 4. The van der Waals surface area contributed by atoms with E-state index in [1.54, 1.807) is 0 Å². The lowest BCUT2D eigenvalue weighted by atomic mass is 10.2. The summed E-state index contributed by atoms with van der Waals surface area (Å²) in [5, 5.41) is 10.6. The summed E-state index contributed by atoms with van der Waals surface area (Å²) < 4.78 is 76.9. The Morgan fingerprint density at radius 1 is 1.25 bits per heavy atom. The molecule has 0 radical (unpaired) electrons. The summed E-state index contributed by atoms with van der Waals surface area (Å²) in [6, 6.07) is 2.19. The summed E-state index contributed by atoms with van der Waals surface area (Å²) in [6.45, 7) is -1.74. The number of nitrogens with zero attached hydrogens (tertiary/aromatic N) is 5. The molecule has 0 saturated heterocycles. The molecular weight excluding hydrogens is 394 g/mol. The molecule has 0 atom stereocenters. The van der Waals surface area contributed by atoms with Crippen LogP contribution in [0.25, 0.3) is 0 Å². The van der Waals surface area contributed by atoms with E-state index in [1.807, 2.05) is 0 Å². The van der Waals surface area contributed by atoms with Gasteiger partial charge in [0.25, 0.3) is 5.91 Å². The predicted molar refractivity (Wildman–Crippen MR) is 83.2 cm³/mol. The summed E-state index contributed by atoms with van der Waals surface area (Å²) in [5.74, 6) is -0.790. The van der Waals surface area contributed by atoms with E-state index in [2.05, 4.69) is 20.7 Å². The van der Waals surface area contributed by atoms with E-state index in [4.69, 9.17) is 0 Å². The molecule has 0 aliphatic heterocycles. The fourth-order valence-electron chi connectivity index (χ4n) is 2.46. The molecule has 152 valence electrons. The molecule has 3 rings (SSSR count). The van der Waals surface area contributed by atoms with Crippen LogP contribution in [0.1, 0.15) is 35.8 Å². The van der Waals surface area contributed by atoms with Gasteiger partial charge in [-0.05, 0) is 25.0 Å². The van der Waals surface area contributed by atoms with Crippen LogP contribution in [0.2, 0.25) is 0 Å². The SMILES string of the molecule is O=C(Cn1nc(C(F)(F)F)cc1C1CC1)N/N=C\c1ccn(CC(F)(F)F)n1. The van der Waals surface area contributed by atoms with Crippen molar-refractivity contribution in [1.82, 2.24) is 25.0 Å². The van der Waals surface area contributed by atoms with Gasteiger partial charge in [-0.25, -0.2) is 5.43 Å². The lowest BCUT2D eigenvalue weighted by Crippen LogP contribution is -2.25. The minimum absolute atomic E-state index is 0.0579. The Morgan fingerprint density at radius 2 is 1.96 bits per heavy atom. The van der Waals surface area contributed by atoms with Crippen molar-refractivity contribution in [3.63, 3.8) is 0 Å². The van der Waals surface area contributed by atoms with Gasteiger partial charge < -0.3 is 0 Å². The first kappa shape index (κ1) is 19.9. The number of nitrogens with one attached hydrogen (secondary N) is 1. The van der Waals surface area contributed by atoms with Crippen molar-refractivity contribution in [2.75, 3.05) is 0 Å². The third kappa shape index (κ3) is 5.33. The van der Waals surface area contributed by atoms with E-state index in [0.717, 1.165) is 36.0 Å². The van der Waals surface area contributed by atoms with Crippen molar-refractivity contribution in [3.8, 4) is 0 Å². The fourth-order valence-corrected chi connectivity index (χ4v) is 2.46. The van der Waals surface area contributed by atoms with E-state index < -0.39 is 37.0 Å². The third-order valence-electron chi connectivity index (χ3n) is 3.78. The number of carbonyl (C=O) groups is 1. The Bertz CT molecular complexity index is 876. The second-order valence-corrected chi connectivity index (χ2v) is 6.23. The minimum atomic E-state index is -4.61. The molecule has 1 aliphatic rings. The topological polar surface area (TPSA) is 77.1 Å². The average molecular weight is 408 g/mol. The van der Waals surface area contributed by atoms with Gasteiger partial charge in [0, 0.05) is 17.8 Å². The van der Waals surface area contributed by atoms with Gasteiger partial charge in [-0.3, -0.25) is 14.2 Å². The number of hydrogen-bond donors (Lipinski definition) is 1. The van der Waals surface area contributed by atoms with Crippen molar-refractivity contribution in [2.24, 2.45) is 5.10 Å². The summed E-state index contributed by atoms with van der Waals surface area (Å²) in [6.07, 6.45) is -5.46. The smallest absolute Gasteiger partial charge is 0.271 e. The molecule has 1 fully saturated rings. The molecule has 0 bridgehead atoms. The van der Waals surface area contributed by atoms with Gasteiger partial charge in [0.2, 0.25) is 0 Å². The molecule has 2 aromatic heterocycles. The Labute approximate surface area is 154 Å². The number of halogens is 6. The zero-order valence-electron chi connectivity index (χ0n) is 14.1. The van der Waals surface area contributed by atoms with Crippen LogP contribution in [0.4, 0.5) is 26.3 Å². The van der Waals surface area contributed by atoms with Crippen molar-refractivity contribution in [1.29, 1.82) is 0 Å². The van der Waals surface area contributed by atoms with E-state index in [9.17, 15) is 31.1 Å². The van der Waals surface area contributed by atoms with E-state index in [-0.39, 0.29) is 11.6 Å².